The Bertz CT molecular complexity index is 1410. The van der Waals surface area contributed by atoms with Crippen LogP contribution in [0.2, 0.25) is 0 Å². The Hall–Kier alpha value is -4.44. The molecule has 1 unspecified atom stereocenters. The number of esters is 3. The fraction of sp³-hybridized carbons (Fsp3) is 0.429. The molecule has 10 heteroatoms. The van der Waals surface area contributed by atoms with Crippen molar-refractivity contribution in [3.63, 3.8) is 0 Å². The van der Waals surface area contributed by atoms with Crippen molar-refractivity contribution in [3.05, 3.63) is 94.1 Å². The van der Waals surface area contributed by atoms with Gasteiger partial charge in [0.25, 0.3) is 0 Å². The highest BCUT2D eigenvalue weighted by molar-refractivity contribution is 6.01. The van der Waals surface area contributed by atoms with Gasteiger partial charge in [0.15, 0.2) is 23.8 Å². The van der Waals surface area contributed by atoms with Gasteiger partial charge in [0.1, 0.15) is 12.7 Å². The average molecular weight is 625 g/mol. The molecular formula is C35H44O10. The van der Waals surface area contributed by atoms with E-state index in [9.17, 15) is 34.5 Å². The predicted molar refractivity (Wildman–Crippen MR) is 169 cm³/mol. The topological polar surface area (TPSA) is 157 Å². The van der Waals surface area contributed by atoms with Crippen molar-refractivity contribution < 1.29 is 48.7 Å². The zero-order chi connectivity index (χ0) is 33.9. The van der Waals surface area contributed by atoms with Crippen molar-refractivity contribution in [1.82, 2.24) is 0 Å². The molecule has 0 aromatic heterocycles. The number of hydrogen-bond acceptors (Lipinski definition) is 10. The quantitative estimate of drug-likeness (QED) is 0.132. The summed E-state index contributed by atoms with van der Waals surface area (Å²) in [5.74, 6) is -5.03. The first kappa shape index (κ1) is 36.8. The van der Waals surface area contributed by atoms with E-state index < -0.39 is 66.2 Å². The summed E-state index contributed by atoms with van der Waals surface area (Å²) in [6, 6.07) is 0. The normalized spacial score (nSPS) is 21.6. The first-order valence-corrected chi connectivity index (χ1v) is 14.7. The van der Waals surface area contributed by atoms with E-state index in [4.69, 9.17) is 9.47 Å². The van der Waals surface area contributed by atoms with Crippen LogP contribution in [0.1, 0.15) is 67.7 Å². The van der Waals surface area contributed by atoms with E-state index in [1.807, 2.05) is 96.2 Å². The molecule has 0 bridgehead atoms. The minimum absolute atomic E-state index is 0.266. The van der Waals surface area contributed by atoms with Crippen LogP contribution >= 0.6 is 0 Å². The summed E-state index contributed by atoms with van der Waals surface area (Å²) in [5, 5.41) is 28.9. The van der Waals surface area contributed by atoms with E-state index in [1.54, 1.807) is 6.92 Å². The number of Topliss-reactive ketones (excluding diaryl/α,β-unsaturated/α-hetero) is 1. The number of carbonyl (C=O) groups excluding carboxylic acids is 4. The average Bonchev–Trinajstić information content (AvgIpc) is 3.22. The summed E-state index contributed by atoms with van der Waals surface area (Å²) in [5.41, 5.74) is 4.20. The standard InChI is InChI=1S/C35H44O10/c1-21(2)11-8-9-12-22(3)13-10-14-23(4)15-16-25-24(5)30(39)27(19-35(25,6)7)44-29(38)18-17-28(37)43-20-26(36)33-31(40)32(41)34(42)45-33/h8-16,26-27,33,36,40-41H,17-20H2,1-7H3/b9-8+,13-10+,16-15+,22-12+,23-14+/t26-,27?,33+/m0/s1. The van der Waals surface area contributed by atoms with Crippen molar-refractivity contribution in [2.75, 3.05) is 6.61 Å². The van der Waals surface area contributed by atoms with Gasteiger partial charge in [-0.3, -0.25) is 14.4 Å². The maximum absolute atomic E-state index is 13.1. The number of cyclic esters (lactones) is 1. The molecule has 244 valence electrons. The second kappa shape index (κ2) is 16.6. The summed E-state index contributed by atoms with van der Waals surface area (Å²) in [6.45, 7) is 13.1. The number of carbonyl (C=O) groups is 4. The highest BCUT2D eigenvalue weighted by Crippen LogP contribution is 2.41. The van der Waals surface area contributed by atoms with Gasteiger partial charge in [-0.15, -0.1) is 0 Å². The van der Waals surface area contributed by atoms with Gasteiger partial charge in [-0.1, -0.05) is 85.3 Å². The van der Waals surface area contributed by atoms with E-state index >= 15 is 0 Å². The van der Waals surface area contributed by atoms with Gasteiger partial charge in [0, 0.05) is 6.42 Å². The van der Waals surface area contributed by atoms with Gasteiger partial charge >= 0.3 is 17.9 Å². The molecule has 3 N–H and O–H groups in total. The van der Waals surface area contributed by atoms with Crippen molar-refractivity contribution in [3.8, 4) is 0 Å². The van der Waals surface area contributed by atoms with E-state index in [1.165, 1.54) is 5.57 Å². The summed E-state index contributed by atoms with van der Waals surface area (Å²) in [6.07, 6.45) is 13.2. The third-order valence-corrected chi connectivity index (χ3v) is 7.13. The lowest BCUT2D eigenvalue weighted by atomic mass is 9.71. The van der Waals surface area contributed by atoms with Gasteiger partial charge in [0.05, 0.1) is 12.8 Å². The Kier molecular flexibility index (Phi) is 13.5. The molecule has 0 spiro atoms. The van der Waals surface area contributed by atoms with Crippen molar-refractivity contribution >= 4 is 23.7 Å². The summed E-state index contributed by atoms with van der Waals surface area (Å²) in [4.78, 5) is 48.9. The van der Waals surface area contributed by atoms with Crippen LogP contribution in [-0.2, 0) is 33.4 Å². The molecular weight excluding hydrogens is 580 g/mol. The Labute approximate surface area is 264 Å². The molecule has 3 atom stereocenters. The largest absolute Gasteiger partial charge is 0.505 e. The van der Waals surface area contributed by atoms with E-state index in [-0.39, 0.29) is 18.6 Å². The Morgan fingerprint density at radius 1 is 0.956 bits per heavy atom. The van der Waals surface area contributed by atoms with E-state index in [0.717, 1.165) is 16.7 Å². The molecule has 1 heterocycles. The monoisotopic (exact) mass is 624 g/mol. The van der Waals surface area contributed by atoms with Gasteiger partial charge in [-0.05, 0) is 51.2 Å². The van der Waals surface area contributed by atoms with E-state index in [2.05, 4.69) is 4.74 Å². The van der Waals surface area contributed by atoms with Crippen LogP contribution in [0.25, 0.3) is 0 Å². The molecule has 45 heavy (non-hydrogen) atoms. The number of allylic oxidation sites excluding steroid dienone is 13. The molecule has 0 saturated heterocycles. The Morgan fingerprint density at radius 3 is 2.18 bits per heavy atom. The van der Waals surface area contributed by atoms with Gasteiger partial charge in [-0.25, -0.2) is 4.79 Å². The van der Waals surface area contributed by atoms with E-state index in [0.29, 0.717) is 5.57 Å². The van der Waals surface area contributed by atoms with Crippen LogP contribution in [0.3, 0.4) is 0 Å². The molecule has 0 amide bonds. The molecule has 0 radical (unpaired) electrons. The predicted octanol–water partition coefficient (Wildman–Crippen LogP) is 5.68. The van der Waals surface area contributed by atoms with Gasteiger partial charge in [0.2, 0.25) is 5.76 Å². The molecule has 0 aromatic rings. The second-order valence-electron chi connectivity index (χ2n) is 11.9. The first-order valence-electron chi connectivity index (χ1n) is 14.7. The lowest BCUT2D eigenvalue weighted by Crippen LogP contribution is -2.39. The minimum atomic E-state index is -1.63. The Morgan fingerprint density at radius 2 is 1.56 bits per heavy atom. The minimum Gasteiger partial charge on any atom is -0.505 e. The van der Waals surface area contributed by atoms with Gasteiger partial charge < -0.3 is 29.5 Å². The number of ether oxygens (including phenoxy) is 3. The first-order chi connectivity index (χ1) is 21.0. The lowest BCUT2D eigenvalue weighted by Gasteiger charge is -2.36. The van der Waals surface area contributed by atoms with Crippen molar-refractivity contribution in [2.45, 2.75) is 86.0 Å². The van der Waals surface area contributed by atoms with Crippen LogP contribution < -0.4 is 0 Å². The SMILES string of the molecule is CC(C)=C/C=C/C=C(C)/C=C/C=C(C)/C=C/C1=C(C)C(=O)C(OC(=O)CCC(=O)OC[C@H](O)[C@H]2OC(=O)C(O)=C2O)CC1(C)C. The Balaban J connectivity index is 1.92. The lowest BCUT2D eigenvalue weighted by molar-refractivity contribution is -0.160. The van der Waals surface area contributed by atoms with Crippen LogP contribution in [0, 0.1) is 5.41 Å². The molecule has 1 aliphatic carbocycles. The maximum Gasteiger partial charge on any atom is 0.377 e. The fourth-order valence-corrected chi connectivity index (χ4v) is 4.61. The molecule has 2 aliphatic rings. The summed E-state index contributed by atoms with van der Waals surface area (Å²) in [7, 11) is 0. The highest BCUT2D eigenvalue weighted by atomic mass is 16.6. The zero-order valence-electron chi connectivity index (χ0n) is 27.0. The van der Waals surface area contributed by atoms with Crippen molar-refractivity contribution in [2.24, 2.45) is 5.41 Å². The molecule has 2 rings (SSSR count). The summed E-state index contributed by atoms with van der Waals surface area (Å²) >= 11 is 0. The van der Waals surface area contributed by atoms with Crippen LogP contribution in [0.5, 0.6) is 0 Å². The third kappa shape index (κ3) is 11.2. The molecule has 0 fully saturated rings. The fourth-order valence-electron chi connectivity index (χ4n) is 4.61. The second-order valence-corrected chi connectivity index (χ2v) is 11.9. The van der Waals surface area contributed by atoms with Crippen LogP contribution in [-0.4, -0.2) is 63.9 Å². The van der Waals surface area contributed by atoms with Gasteiger partial charge in [-0.2, -0.15) is 0 Å². The summed E-state index contributed by atoms with van der Waals surface area (Å²) < 4.78 is 14.9. The molecule has 1 aliphatic heterocycles. The van der Waals surface area contributed by atoms with Crippen LogP contribution in [0.4, 0.5) is 0 Å². The molecule has 0 aromatic carbocycles. The van der Waals surface area contributed by atoms with Crippen molar-refractivity contribution in [1.29, 1.82) is 0 Å². The number of aliphatic hydroxyl groups excluding tert-OH is 3. The number of aliphatic hydroxyl groups is 3. The van der Waals surface area contributed by atoms with Crippen LogP contribution in [0.15, 0.2) is 94.1 Å². The zero-order valence-corrected chi connectivity index (χ0v) is 27.0. The smallest absolute Gasteiger partial charge is 0.377 e. The maximum atomic E-state index is 13.1. The third-order valence-electron chi connectivity index (χ3n) is 7.13. The molecule has 10 nitrogen and oxygen atoms in total. The number of rotatable bonds is 13. The number of ketones is 1. The number of hydrogen-bond donors (Lipinski definition) is 3. The molecule has 0 saturated carbocycles. The highest BCUT2D eigenvalue weighted by Gasteiger charge is 2.41.